The van der Waals surface area contributed by atoms with E-state index >= 15 is 0 Å². The minimum absolute atomic E-state index is 0.0605. The van der Waals surface area contributed by atoms with E-state index in [1.165, 1.54) is 0 Å². The Hall–Kier alpha value is -1.59. The highest BCUT2D eigenvalue weighted by molar-refractivity contribution is 6.30. The molecule has 1 unspecified atom stereocenters. The molecule has 124 valence electrons. The van der Waals surface area contributed by atoms with Gasteiger partial charge in [-0.3, -0.25) is 9.59 Å². The van der Waals surface area contributed by atoms with Crippen LogP contribution in [0.4, 0.5) is 0 Å². The lowest BCUT2D eigenvalue weighted by Gasteiger charge is -2.23. The van der Waals surface area contributed by atoms with Gasteiger partial charge in [-0.2, -0.15) is 0 Å². The number of carboxylic acids is 1. The SMILES string of the molecule is C[C@@H]1CN(C(=O)CC2OCc3cc(Cl)ccc32)C[C@@]1(C)C(=O)O. The summed E-state index contributed by atoms with van der Waals surface area (Å²) in [6, 6.07) is 5.56. The number of halogens is 1. The maximum Gasteiger partial charge on any atom is 0.311 e. The van der Waals surface area contributed by atoms with Crippen molar-refractivity contribution in [2.24, 2.45) is 11.3 Å². The maximum absolute atomic E-state index is 12.6. The standard InChI is InChI=1S/C17H20ClNO4/c1-10-7-19(9-17(10,2)16(21)22)15(20)6-14-13-4-3-12(18)5-11(13)8-23-14/h3-5,10,14H,6-9H2,1-2H3,(H,21,22)/t10-,14?,17-/m1/s1. The Balaban J connectivity index is 1.69. The molecule has 1 saturated heterocycles. The molecule has 0 saturated carbocycles. The summed E-state index contributed by atoms with van der Waals surface area (Å²) < 4.78 is 5.71. The molecule has 23 heavy (non-hydrogen) atoms. The van der Waals surface area contributed by atoms with Gasteiger partial charge in [0.2, 0.25) is 5.91 Å². The van der Waals surface area contributed by atoms with Crippen LogP contribution in [0.3, 0.4) is 0 Å². The van der Waals surface area contributed by atoms with Gasteiger partial charge in [0.15, 0.2) is 0 Å². The van der Waals surface area contributed by atoms with Crippen LogP contribution in [-0.2, 0) is 20.9 Å². The lowest BCUT2D eigenvalue weighted by Crippen LogP contribution is -2.36. The molecule has 3 rings (SSSR count). The molecule has 0 spiro atoms. The Bertz CT molecular complexity index is 662. The van der Waals surface area contributed by atoms with Gasteiger partial charge in [-0.05, 0) is 36.1 Å². The van der Waals surface area contributed by atoms with Crippen molar-refractivity contribution >= 4 is 23.5 Å². The molecule has 1 aromatic rings. The maximum atomic E-state index is 12.6. The zero-order valence-corrected chi connectivity index (χ0v) is 14.0. The number of amides is 1. The second kappa shape index (κ2) is 5.80. The number of rotatable bonds is 3. The Morgan fingerprint density at radius 2 is 2.22 bits per heavy atom. The number of hydrogen-bond donors (Lipinski definition) is 1. The minimum atomic E-state index is -0.877. The van der Waals surface area contributed by atoms with Crippen molar-refractivity contribution in [1.29, 1.82) is 0 Å². The lowest BCUT2D eigenvalue weighted by molar-refractivity contribution is -0.149. The predicted molar refractivity (Wildman–Crippen MR) is 85.1 cm³/mol. The molecule has 5 nitrogen and oxygen atoms in total. The van der Waals surface area contributed by atoms with E-state index in [1.807, 2.05) is 19.1 Å². The van der Waals surface area contributed by atoms with Gasteiger partial charge in [-0.1, -0.05) is 24.6 Å². The van der Waals surface area contributed by atoms with E-state index in [4.69, 9.17) is 16.3 Å². The minimum Gasteiger partial charge on any atom is -0.481 e. The fourth-order valence-corrected chi connectivity index (χ4v) is 3.56. The second-order valence-corrected chi connectivity index (χ2v) is 7.18. The van der Waals surface area contributed by atoms with Crippen molar-refractivity contribution in [3.8, 4) is 0 Å². The molecule has 1 aromatic carbocycles. The largest absolute Gasteiger partial charge is 0.481 e. The van der Waals surface area contributed by atoms with E-state index in [1.54, 1.807) is 17.9 Å². The second-order valence-electron chi connectivity index (χ2n) is 6.74. The van der Waals surface area contributed by atoms with E-state index < -0.39 is 11.4 Å². The first kappa shape index (κ1) is 16.3. The highest BCUT2D eigenvalue weighted by Gasteiger charge is 2.48. The van der Waals surface area contributed by atoms with E-state index in [0.29, 0.717) is 18.2 Å². The molecule has 1 fully saturated rings. The van der Waals surface area contributed by atoms with E-state index in [9.17, 15) is 14.7 Å². The monoisotopic (exact) mass is 337 g/mol. The number of likely N-dealkylation sites (tertiary alicyclic amines) is 1. The summed E-state index contributed by atoms with van der Waals surface area (Å²) >= 11 is 5.97. The van der Waals surface area contributed by atoms with Crippen LogP contribution in [0, 0.1) is 11.3 Å². The van der Waals surface area contributed by atoms with Gasteiger partial charge in [0.25, 0.3) is 0 Å². The summed E-state index contributed by atoms with van der Waals surface area (Å²) in [6.07, 6.45) is -0.0430. The Morgan fingerprint density at radius 1 is 1.48 bits per heavy atom. The number of aliphatic carboxylic acids is 1. The number of ether oxygens (including phenoxy) is 1. The Morgan fingerprint density at radius 3 is 2.87 bits per heavy atom. The van der Waals surface area contributed by atoms with Crippen molar-refractivity contribution in [3.05, 3.63) is 34.3 Å². The molecule has 3 atom stereocenters. The molecule has 2 aliphatic rings. The van der Waals surface area contributed by atoms with Crippen LogP contribution in [0.2, 0.25) is 5.02 Å². The number of benzene rings is 1. The topological polar surface area (TPSA) is 66.8 Å². The van der Waals surface area contributed by atoms with Crippen LogP contribution in [0.25, 0.3) is 0 Å². The Kier molecular flexibility index (Phi) is 4.10. The molecular formula is C17H20ClNO4. The van der Waals surface area contributed by atoms with Gasteiger partial charge >= 0.3 is 5.97 Å². The normalized spacial score (nSPS) is 29.6. The number of hydrogen-bond acceptors (Lipinski definition) is 3. The number of carbonyl (C=O) groups is 2. The molecule has 1 amide bonds. The van der Waals surface area contributed by atoms with Crippen molar-refractivity contribution < 1.29 is 19.4 Å². The first-order chi connectivity index (χ1) is 10.8. The van der Waals surface area contributed by atoms with Gasteiger partial charge in [-0.15, -0.1) is 0 Å². The van der Waals surface area contributed by atoms with Crippen molar-refractivity contribution in [3.63, 3.8) is 0 Å². The van der Waals surface area contributed by atoms with Crippen LogP contribution in [0.5, 0.6) is 0 Å². The summed E-state index contributed by atoms with van der Waals surface area (Å²) in [5, 5.41) is 10.1. The van der Waals surface area contributed by atoms with Crippen LogP contribution >= 0.6 is 11.6 Å². The summed E-state index contributed by atoms with van der Waals surface area (Å²) in [5.74, 6) is -0.980. The third-order valence-corrected chi connectivity index (χ3v) is 5.43. The molecular weight excluding hydrogens is 318 g/mol. The fourth-order valence-electron chi connectivity index (χ4n) is 3.37. The first-order valence-corrected chi connectivity index (χ1v) is 8.10. The Labute approximate surface area is 140 Å². The van der Waals surface area contributed by atoms with Crippen molar-refractivity contribution in [2.75, 3.05) is 13.1 Å². The smallest absolute Gasteiger partial charge is 0.311 e. The summed E-state index contributed by atoms with van der Waals surface area (Å²) in [5.41, 5.74) is 1.13. The number of carboxylic acid groups (broad SMARTS) is 1. The summed E-state index contributed by atoms with van der Waals surface area (Å²) in [4.78, 5) is 25.7. The average Bonchev–Trinajstić information content (AvgIpc) is 3.01. The average molecular weight is 338 g/mol. The molecule has 0 radical (unpaired) electrons. The van der Waals surface area contributed by atoms with Crippen LogP contribution in [0.15, 0.2) is 18.2 Å². The highest BCUT2D eigenvalue weighted by atomic mass is 35.5. The third kappa shape index (κ3) is 2.83. The highest BCUT2D eigenvalue weighted by Crippen LogP contribution is 2.38. The molecule has 2 heterocycles. The van der Waals surface area contributed by atoms with Crippen LogP contribution in [-0.4, -0.2) is 35.0 Å². The van der Waals surface area contributed by atoms with Gasteiger partial charge in [0.1, 0.15) is 0 Å². The molecule has 0 bridgehead atoms. The van der Waals surface area contributed by atoms with Crippen molar-refractivity contribution in [2.45, 2.75) is 33.0 Å². The molecule has 6 heteroatoms. The van der Waals surface area contributed by atoms with E-state index in [-0.39, 0.29) is 30.9 Å². The molecule has 0 aromatic heterocycles. The molecule has 0 aliphatic carbocycles. The number of carbonyl (C=O) groups excluding carboxylic acids is 1. The van der Waals surface area contributed by atoms with Gasteiger partial charge in [-0.25, -0.2) is 0 Å². The zero-order valence-electron chi connectivity index (χ0n) is 13.2. The van der Waals surface area contributed by atoms with Gasteiger partial charge < -0.3 is 14.7 Å². The van der Waals surface area contributed by atoms with E-state index in [0.717, 1.165) is 11.1 Å². The predicted octanol–water partition coefficient (Wildman–Crippen LogP) is 2.87. The molecule has 2 aliphatic heterocycles. The van der Waals surface area contributed by atoms with Crippen LogP contribution < -0.4 is 0 Å². The van der Waals surface area contributed by atoms with Crippen LogP contribution in [0.1, 0.15) is 37.5 Å². The summed E-state index contributed by atoms with van der Waals surface area (Å²) in [6.45, 7) is 4.77. The molecule has 1 N–H and O–H groups in total. The summed E-state index contributed by atoms with van der Waals surface area (Å²) in [7, 11) is 0. The first-order valence-electron chi connectivity index (χ1n) is 7.72. The zero-order chi connectivity index (χ0) is 16.8. The fraction of sp³-hybridized carbons (Fsp3) is 0.529. The van der Waals surface area contributed by atoms with Gasteiger partial charge in [0.05, 0.1) is 24.5 Å². The van der Waals surface area contributed by atoms with Crippen molar-refractivity contribution in [1.82, 2.24) is 4.90 Å². The number of fused-ring (bicyclic) bond motifs is 1. The lowest BCUT2D eigenvalue weighted by atomic mass is 9.81. The number of nitrogens with zero attached hydrogens (tertiary/aromatic N) is 1. The van der Waals surface area contributed by atoms with E-state index in [2.05, 4.69) is 0 Å². The quantitative estimate of drug-likeness (QED) is 0.921. The third-order valence-electron chi connectivity index (χ3n) is 5.19. The van der Waals surface area contributed by atoms with Gasteiger partial charge in [0, 0.05) is 18.1 Å².